The monoisotopic (exact) mass is 368 g/mol. The van der Waals surface area contributed by atoms with Gasteiger partial charge in [-0.05, 0) is 56.3 Å². The van der Waals surface area contributed by atoms with Crippen molar-refractivity contribution in [1.82, 2.24) is 10.2 Å². The molecule has 2 unspecified atom stereocenters. The number of anilines is 2. The lowest BCUT2D eigenvalue weighted by atomic mass is 10.1. The fourth-order valence-electron chi connectivity index (χ4n) is 3.97. The molecule has 2 aromatic rings. The van der Waals surface area contributed by atoms with E-state index >= 15 is 0 Å². The fraction of sp³-hybridized carbons (Fsp3) is 0.381. The molecule has 6 heteroatoms. The minimum absolute atomic E-state index is 0.146. The molecule has 2 aromatic carbocycles. The van der Waals surface area contributed by atoms with Gasteiger partial charge in [-0.1, -0.05) is 18.2 Å². The van der Waals surface area contributed by atoms with Gasteiger partial charge >= 0.3 is 0 Å². The highest BCUT2D eigenvalue weighted by atomic mass is 19.1. The quantitative estimate of drug-likeness (QED) is 0.780. The summed E-state index contributed by atoms with van der Waals surface area (Å²) >= 11 is 0. The molecule has 1 saturated heterocycles. The van der Waals surface area contributed by atoms with Gasteiger partial charge in [-0.25, -0.2) is 4.39 Å². The Morgan fingerprint density at radius 3 is 2.93 bits per heavy atom. The van der Waals surface area contributed by atoms with Crippen LogP contribution in [0.1, 0.15) is 29.3 Å². The van der Waals surface area contributed by atoms with E-state index in [9.17, 15) is 9.18 Å². The van der Waals surface area contributed by atoms with Crippen molar-refractivity contribution >= 4 is 17.3 Å². The molecule has 2 atom stereocenters. The standard InChI is InChI=1S/C21H25FN4O/c1-13-7-8-17(22)16-12-18(25-19(13)16)21(27)24-15-6-3-5-14(11-15)20-23-9-4-10-26(20)2/h3,5-8,11,18,20,23,25H,4,9-10,12H2,1-2H3,(H,24,27). The van der Waals surface area contributed by atoms with Crippen LogP contribution in [0.3, 0.4) is 0 Å². The second kappa shape index (κ2) is 7.29. The molecule has 0 bridgehead atoms. The summed E-state index contributed by atoms with van der Waals surface area (Å²) in [4.78, 5) is 15.0. The van der Waals surface area contributed by atoms with E-state index in [2.05, 4.69) is 34.0 Å². The summed E-state index contributed by atoms with van der Waals surface area (Å²) in [5.74, 6) is -0.404. The van der Waals surface area contributed by atoms with Crippen molar-refractivity contribution in [3.05, 3.63) is 58.9 Å². The van der Waals surface area contributed by atoms with Gasteiger partial charge in [0.05, 0.1) is 6.17 Å². The summed E-state index contributed by atoms with van der Waals surface area (Å²) in [7, 11) is 2.10. The number of benzene rings is 2. The molecule has 1 fully saturated rings. The second-order valence-electron chi connectivity index (χ2n) is 7.42. The summed E-state index contributed by atoms with van der Waals surface area (Å²) in [6, 6.07) is 10.7. The highest BCUT2D eigenvalue weighted by Crippen LogP contribution is 2.32. The maximum Gasteiger partial charge on any atom is 0.247 e. The van der Waals surface area contributed by atoms with Crippen LogP contribution in [0.15, 0.2) is 36.4 Å². The molecule has 27 heavy (non-hydrogen) atoms. The van der Waals surface area contributed by atoms with Crippen LogP contribution >= 0.6 is 0 Å². The van der Waals surface area contributed by atoms with E-state index in [4.69, 9.17) is 0 Å². The minimum atomic E-state index is -0.463. The molecule has 142 valence electrons. The van der Waals surface area contributed by atoms with E-state index in [-0.39, 0.29) is 17.9 Å². The van der Waals surface area contributed by atoms with Crippen molar-refractivity contribution in [1.29, 1.82) is 0 Å². The fourth-order valence-corrected chi connectivity index (χ4v) is 3.97. The van der Waals surface area contributed by atoms with E-state index in [1.54, 1.807) is 6.07 Å². The number of rotatable bonds is 3. The molecule has 0 aliphatic carbocycles. The van der Waals surface area contributed by atoms with Gasteiger partial charge in [0.25, 0.3) is 0 Å². The van der Waals surface area contributed by atoms with E-state index in [0.29, 0.717) is 12.0 Å². The highest BCUT2D eigenvalue weighted by Gasteiger charge is 2.30. The summed E-state index contributed by atoms with van der Waals surface area (Å²) in [6.45, 7) is 3.95. The summed E-state index contributed by atoms with van der Waals surface area (Å²) in [6.07, 6.45) is 1.65. The SMILES string of the molecule is Cc1ccc(F)c2c1NC(C(=O)Nc1cccc(C3NCCCN3C)c1)C2. The number of carbonyl (C=O) groups is 1. The largest absolute Gasteiger partial charge is 0.373 e. The molecule has 0 aromatic heterocycles. The number of amides is 1. The van der Waals surface area contributed by atoms with E-state index < -0.39 is 6.04 Å². The van der Waals surface area contributed by atoms with Gasteiger partial charge in [0, 0.05) is 29.9 Å². The minimum Gasteiger partial charge on any atom is -0.373 e. The van der Waals surface area contributed by atoms with Gasteiger partial charge in [0.1, 0.15) is 11.9 Å². The number of hydrogen-bond acceptors (Lipinski definition) is 4. The highest BCUT2D eigenvalue weighted by molar-refractivity contribution is 5.98. The zero-order valence-corrected chi connectivity index (χ0v) is 15.7. The van der Waals surface area contributed by atoms with Crippen LogP contribution in [0.4, 0.5) is 15.8 Å². The van der Waals surface area contributed by atoms with Crippen molar-refractivity contribution in [2.24, 2.45) is 0 Å². The first-order valence-electron chi connectivity index (χ1n) is 9.42. The molecule has 4 rings (SSSR count). The summed E-state index contributed by atoms with van der Waals surface area (Å²) < 4.78 is 14.0. The molecule has 0 radical (unpaired) electrons. The Morgan fingerprint density at radius 1 is 1.30 bits per heavy atom. The van der Waals surface area contributed by atoms with Crippen LogP contribution in [0, 0.1) is 12.7 Å². The molecule has 2 aliphatic rings. The molecule has 2 aliphatic heterocycles. The van der Waals surface area contributed by atoms with Crippen LogP contribution < -0.4 is 16.0 Å². The number of nitrogens with zero attached hydrogens (tertiary/aromatic N) is 1. The molecule has 0 spiro atoms. The lowest BCUT2D eigenvalue weighted by Gasteiger charge is -2.34. The van der Waals surface area contributed by atoms with Gasteiger partial charge in [-0.15, -0.1) is 0 Å². The molecular formula is C21H25FN4O. The van der Waals surface area contributed by atoms with Crippen molar-refractivity contribution in [3.8, 4) is 0 Å². The molecule has 5 nitrogen and oxygen atoms in total. The summed E-state index contributed by atoms with van der Waals surface area (Å²) in [5.41, 5.74) is 4.18. The van der Waals surface area contributed by atoms with Crippen LogP contribution in [-0.2, 0) is 11.2 Å². The third-order valence-electron chi connectivity index (χ3n) is 5.44. The maximum atomic E-state index is 14.0. The predicted octanol–water partition coefficient (Wildman–Crippen LogP) is 3.03. The smallest absolute Gasteiger partial charge is 0.247 e. The first-order chi connectivity index (χ1) is 13.0. The number of carbonyl (C=O) groups excluding carboxylic acids is 1. The average molecular weight is 368 g/mol. The third-order valence-corrected chi connectivity index (χ3v) is 5.44. The number of fused-ring (bicyclic) bond motifs is 1. The normalized spacial score (nSPS) is 22.2. The number of hydrogen-bond donors (Lipinski definition) is 3. The molecular weight excluding hydrogens is 343 g/mol. The second-order valence-corrected chi connectivity index (χ2v) is 7.42. The number of halogens is 1. The van der Waals surface area contributed by atoms with Crippen LogP contribution in [0.2, 0.25) is 0 Å². The topological polar surface area (TPSA) is 56.4 Å². The zero-order chi connectivity index (χ0) is 19.0. The van der Waals surface area contributed by atoms with E-state index in [1.165, 1.54) is 6.07 Å². The lowest BCUT2D eigenvalue weighted by Crippen LogP contribution is -2.42. The Kier molecular flexibility index (Phi) is 4.85. The van der Waals surface area contributed by atoms with Gasteiger partial charge in [0.15, 0.2) is 0 Å². The number of aryl methyl sites for hydroxylation is 1. The third kappa shape index (κ3) is 3.55. The first-order valence-corrected chi connectivity index (χ1v) is 9.42. The van der Waals surface area contributed by atoms with Crippen molar-refractivity contribution in [2.75, 3.05) is 30.8 Å². The number of nitrogens with one attached hydrogen (secondary N) is 3. The lowest BCUT2D eigenvalue weighted by molar-refractivity contribution is -0.116. The maximum absolute atomic E-state index is 14.0. The Hall–Kier alpha value is -2.44. The Bertz CT molecular complexity index is 838. The molecule has 0 saturated carbocycles. The summed E-state index contributed by atoms with van der Waals surface area (Å²) in [5, 5.41) is 9.66. The van der Waals surface area contributed by atoms with Gasteiger partial charge in [-0.2, -0.15) is 0 Å². The van der Waals surface area contributed by atoms with E-state index in [1.807, 2.05) is 25.1 Å². The predicted molar refractivity (Wildman–Crippen MR) is 105 cm³/mol. The molecule has 3 N–H and O–H groups in total. The average Bonchev–Trinajstić information content (AvgIpc) is 3.12. The van der Waals surface area contributed by atoms with Crippen molar-refractivity contribution in [2.45, 2.75) is 32.0 Å². The van der Waals surface area contributed by atoms with Gasteiger partial charge < -0.3 is 10.6 Å². The Balaban J connectivity index is 1.47. The van der Waals surface area contributed by atoms with Crippen molar-refractivity contribution in [3.63, 3.8) is 0 Å². The Morgan fingerprint density at radius 2 is 2.15 bits per heavy atom. The van der Waals surface area contributed by atoms with Gasteiger partial charge in [0.2, 0.25) is 5.91 Å². The van der Waals surface area contributed by atoms with Crippen LogP contribution in [0.5, 0.6) is 0 Å². The van der Waals surface area contributed by atoms with Crippen LogP contribution in [-0.4, -0.2) is 37.0 Å². The molecule has 2 heterocycles. The van der Waals surface area contributed by atoms with E-state index in [0.717, 1.165) is 42.0 Å². The first kappa shape index (κ1) is 17.9. The zero-order valence-electron chi connectivity index (χ0n) is 15.7. The Labute approximate surface area is 158 Å². The van der Waals surface area contributed by atoms with Gasteiger partial charge in [-0.3, -0.25) is 15.0 Å². The van der Waals surface area contributed by atoms with Crippen LogP contribution in [0.25, 0.3) is 0 Å². The molecule has 1 amide bonds. The van der Waals surface area contributed by atoms with Crippen molar-refractivity contribution < 1.29 is 9.18 Å².